The highest BCUT2D eigenvalue weighted by Crippen LogP contribution is 2.29. The van der Waals surface area contributed by atoms with Crippen LogP contribution in [0.15, 0.2) is 18.3 Å². The Labute approximate surface area is 102 Å². The predicted octanol–water partition coefficient (Wildman–Crippen LogP) is 1.47. The molecule has 0 spiro atoms. The standard InChI is InChI=1S/C11H13F3N2O2/c12-11(13,14)8-1-2-10(16-5-8)18-7-9-6-15-3-4-17-9/h1-2,5,9,15H,3-4,6-7H2. The van der Waals surface area contributed by atoms with Crippen LogP contribution in [0.3, 0.4) is 0 Å². The molecule has 1 aromatic rings. The molecule has 7 heteroatoms. The van der Waals surface area contributed by atoms with E-state index in [4.69, 9.17) is 9.47 Å². The van der Waals surface area contributed by atoms with Gasteiger partial charge in [0.2, 0.25) is 5.88 Å². The van der Waals surface area contributed by atoms with Crippen molar-refractivity contribution < 1.29 is 22.6 Å². The summed E-state index contributed by atoms with van der Waals surface area (Å²) in [6, 6.07) is 2.15. The molecular formula is C11H13F3N2O2. The summed E-state index contributed by atoms with van der Waals surface area (Å²) in [7, 11) is 0. The van der Waals surface area contributed by atoms with Crippen LogP contribution in [0.5, 0.6) is 5.88 Å². The largest absolute Gasteiger partial charge is 0.475 e. The molecular weight excluding hydrogens is 249 g/mol. The first-order valence-electron chi connectivity index (χ1n) is 5.54. The summed E-state index contributed by atoms with van der Waals surface area (Å²) >= 11 is 0. The van der Waals surface area contributed by atoms with E-state index in [1.807, 2.05) is 0 Å². The van der Waals surface area contributed by atoms with Crippen molar-refractivity contribution in [1.82, 2.24) is 10.3 Å². The lowest BCUT2D eigenvalue weighted by Gasteiger charge is -2.23. The second kappa shape index (κ2) is 5.53. The zero-order valence-corrected chi connectivity index (χ0v) is 9.54. The van der Waals surface area contributed by atoms with Crippen LogP contribution in [0.4, 0.5) is 13.2 Å². The maximum absolute atomic E-state index is 12.3. The maximum Gasteiger partial charge on any atom is 0.417 e. The van der Waals surface area contributed by atoms with E-state index < -0.39 is 11.7 Å². The van der Waals surface area contributed by atoms with Crippen LogP contribution < -0.4 is 10.1 Å². The fourth-order valence-corrected chi connectivity index (χ4v) is 1.54. The van der Waals surface area contributed by atoms with E-state index in [0.717, 1.165) is 18.8 Å². The summed E-state index contributed by atoms with van der Waals surface area (Å²) in [5.41, 5.74) is -0.787. The third kappa shape index (κ3) is 3.58. The Hall–Kier alpha value is -1.34. The van der Waals surface area contributed by atoms with Crippen molar-refractivity contribution in [2.24, 2.45) is 0 Å². The molecule has 1 aliphatic rings. The van der Waals surface area contributed by atoms with Crippen LogP contribution in [0, 0.1) is 0 Å². The number of nitrogens with one attached hydrogen (secondary N) is 1. The molecule has 0 aliphatic carbocycles. The van der Waals surface area contributed by atoms with E-state index in [-0.39, 0.29) is 18.6 Å². The Balaban J connectivity index is 1.86. The highest BCUT2D eigenvalue weighted by molar-refractivity contribution is 5.20. The third-order valence-electron chi connectivity index (χ3n) is 2.49. The van der Waals surface area contributed by atoms with Crippen molar-refractivity contribution >= 4 is 0 Å². The first kappa shape index (κ1) is 13.1. The Kier molecular flexibility index (Phi) is 4.03. The minimum atomic E-state index is -4.37. The predicted molar refractivity (Wildman–Crippen MR) is 57.3 cm³/mol. The van der Waals surface area contributed by atoms with E-state index in [1.54, 1.807) is 0 Å². The molecule has 0 radical (unpaired) electrons. The number of ether oxygens (including phenoxy) is 2. The minimum absolute atomic E-state index is 0.0946. The zero-order valence-electron chi connectivity index (χ0n) is 9.54. The molecule has 100 valence electrons. The molecule has 0 amide bonds. The van der Waals surface area contributed by atoms with Gasteiger partial charge in [-0.25, -0.2) is 4.98 Å². The van der Waals surface area contributed by atoms with Crippen LogP contribution in [0.1, 0.15) is 5.56 Å². The number of hydrogen-bond acceptors (Lipinski definition) is 4. The Morgan fingerprint density at radius 3 is 2.83 bits per heavy atom. The summed E-state index contributed by atoms with van der Waals surface area (Å²) in [4.78, 5) is 3.61. The quantitative estimate of drug-likeness (QED) is 0.895. The first-order chi connectivity index (χ1) is 8.55. The monoisotopic (exact) mass is 262 g/mol. The number of pyridine rings is 1. The molecule has 1 saturated heterocycles. The van der Waals surface area contributed by atoms with Crippen LogP contribution in [-0.4, -0.2) is 37.4 Å². The van der Waals surface area contributed by atoms with Crippen LogP contribution in [-0.2, 0) is 10.9 Å². The SMILES string of the molecule is FC(F)(F)c1ccc(OCC2CNCCO2)nc1. The number of alkyl halides is 3. The summed E-state index contributed by atoms with van der Waals surface area (Å²) in [5.74, 6) is 0.164. The molecule has 18 heavy (non-hydrogen) atoms. The van der Waals surface area contributed by atoms with E-state index in [0.29, 0.717) is 13.2 Å². The molecule has 0 aromatic carbocycles. The van der Waals surface area contributed by atoms with Gasteiger partial charge in [0.1, 0.15) is 12.7 Å². The fraction of sp³-hybridized carbons (Fsp3) is 0.545. The molecule has 2 rings (SSSR count). The normalized spacial score (nSPS) is 20.7. The van der Waals surface area contributed by atoms with Crippen LogP contribution in [0.2, 0.25) is 0 Å². The molecule has 1 atom stereocenters. The second-order valence-electron chi connectivity index (χ2n) is 3.89. The lowest BCUT2D eigenvalue weighted by Crippen LogP contribution is -2.41. The lowest BCUT2D eigenvalue weighted by atomic mass is 10.3. The van der Waals surface area contributed by atoms with Gasteiger partial charge in [0.05, 0.1) is 12.2 Å². The summed E-state index contributed by atoms with van der Waals surface area (Å²) in [6.45, 7) is 2.34. The average Bonchev–Trinajstić information content (AvgIpc) is 2.37. The van der Waals surface area contributed by atoms with Gasteiger partial charge < -0.3 is 14.8 Å². The third-order valence-corrected chi connectivity index (χ3v) is 2.49. The van der Waals surface area contributed by atoms with Gasteiger partial charge in [0.25, 0.3) is 0 Å². The number of halogens is 3. The van der Waals surface area contributed by atoms with Crippen molar-refractivity contribution in [3.05, 3.63) is 23.9 Å². The summed E-state index contributed by atoms with van der Waals surface area (Å²) in [6.07, 6.45) is -3.71. The van der Waals surface area contributed by atoms with Crippen molar-refractivity contribution in [1.29, 1.82) is 0 Å². The second-order valence-corrected chi connectivity index (χ2v) is 3.89. The van der Waals surface area contributed by atoms with E-state index in [1.165, 1.54) is 6.07 Å². The average molecular weight is 262 g/mol. The van der Waals surface area contributed by atoms with Gasteiger partial charge in [0, 0.05) is 25.4 Å². The summed E-state index contributed by atoms with van der Waals surface area (Å²) < 4.78 is 47.5. The van der Waals surface area contributed by atoms with Gasteiger partial charge in [-0.15, -0.1) is 0 Å². The molecule has 1 unspecified atom stereocenters. The highest BCUT2D eigenvalue weighted by atomic mass is 19.4. The number of rotatable bonds is 3. The molecule has 1 aliphatic heterocycles. The van der Waals surface area contributed by atoms with Gasteiger partial charge in [-0.3, -0.25) is 0 Å². The minimum Gasteiger partial charge on any atom is -0.475 e. The summed E-state index contributed by atoms with van der Waals surface area (Å²) in [5, 5.41) is 3.13. The Morgan fingerprint density at radius 1 is 1.44 bits per heavy atom. The van der Waals surface area contributed by atoms with Gasteiger partial charge in [-0.05, 0) is 6.07 Å². The molecule has 1 fully saturated rings. The van der Waals surface area contributed by atoms with Gasteiger partial charge in [-0.2, -0.15) is 13.2 Å². The number of hydrogen-bond donors (Lipinski definition) is 1. The smallest absolute Gasteiger partial charge is 0.417 e. The molecule has 1 aromatic heterocycles. The number of aromatic nitrogens is 1. The molecule has 4 nitrogen and oxygen atoms in total. The molecule has 0 saturated carbocycles. The van der Waals surface area contributed by atoms with E-state index in [9.17, 15) is 13.2 Å². The van der Waals surface area contributed by atoms with Crippen molar-refractivity contribution in [3.63, 3.8) is 0 Å². The van der Waals surface area contributed by atoms with Gasteiger partial charge in [0.15, 0.2) is 0 Å². The first-order valence-corrected chi connectivity index (χ1v) is 5.54. The fourth-order valence-electron chi connectivity index (χ4n) is 1.54. The molecule has 1 N–H and O–H groups in total. The highest BCUT2D eigenvalue weighted by Gasteiger charge is 2.30. The van der Waals surface area contributed by atoms with Crippen LogP contribution >= 0.6 is 0 Å². The number of morpholine rings is 1. The lowest BCUT2D eigenvalue weighted by molar-refractivity contribution is -0.137. The van der Waals surface area contributed by atoms with Crippen molar-refractivity contribution in [2.75, 3.05) is 26.3 Å². The maximum atomic E-state index is 12.3. The number of nitrogens with zero attached hydrogens (tertiary/aromatic N) is 1. The van der Waals surface area contributed by atoms with E-state index in [2.05, 4.69) is 10.3 Å². The zero-order chi connectivity index (χ0) is 13.0. The van der Waals surface area contributed by atoms with E-state index >= 15 is 0 Å². The van der Waals surface area contributed by atoms with Crippen molar-refractivity contribution in [3.8, 4) is 5.88 Å². The topological polar surface area (TPSA) is 43.4 Å². The van der Waals surface area contributed by atoms with Gasteiger partial charge in [-0.1, -0.05) is 0 Å². The molecule has 0 bridgehead atoms. The Bertz CT molecular complexity index is 375. The van der Waals surface area contributed by atoms with Crippen LogP contribution in [0.25, 0.3) is 0 Å². The Morgan fingerprint density at radius 2 is 2.28 bits per heavy atom. The molecule has 2 heterocycles. The van der Waals surface area contributed by atoms with Crippen molar-refractivity contribution in [2.45, 2.75) is 12.3 Å². The van der Waals surface area contributed by atoms with Gasteiger partial charge >= 0.3 is 6.18 Å².